The number of hydrogen-bond acceptors (Lipinski definition) is 4. The summed E-state index contributed by atoms with van der Waals surface area (Å²) in [6, 6.07) is 58.7. The summed E-state index contributed by atoms with van der Waals surface area (Å²) in [4.78, 5) is 12.2. The summed E-state index contributed by atoms with van der Waals surface area (Å²) in [6.45, 7) is 0. The van der Waals surface area contributed by atoms with E-state index in [1.165, 1.54) is 58.6 Å². The van der Waals surface area contributed by atoms with Gasteiger partial charge in [-0.25, -0.2) is 9.97 Å². The molecule has 9 aromatic carbocycles. The molecule has 0 aliphatic rings. The Balaban J connectivity index is 1.28. The summed E-state index contributed by atoms with van der Waals surface area (Å²) < 4.78 is 10.3. The molecule has 13 aromatic rings. The van der Waals surface area contributed by atoms with Gasteiger partial charge in [-0.15, -0.1) is 11.3 Å². The standard InChI is InChI=1S/C50H27N3OS/c1-2-13-29-28(12-1)24-25-38-44-40(27-26-35-32-16-4-3-14-30(32)31-15-5-6-18-34(31)43(35)44)53(47(29)38)49-45(52-50-46(51-49)37-19-8-10-23-42(37)55-50)39-21-11-20-36-33-17-7-9-22-41(33)54-48(36)39/h1-27H. The molecule has 0 aliphatic heterocycles. The van der Waals surface area contributed by atoms with Gasteiger partial charge in [-0.05, 0) is 56.6 Å². The van der Waals surface area contributed by atoms with Crippen molar-refractivity contribution >= 4 is 119 Å². The summed E-state index contributed by atoms with van der Waals surface area (Å²) >= 11 is 1.69. The molecule has 0 fully saturated rings. The fourth-order valence-corrected chi connectivity index (χ4v) is 10.3. The molecule has 4 heterocycles. The summed E-state index contributed by atoms with van der Waals surface area (Å²) in [5.41, 5.74) is 6.49. The third kappa shape index (κ3) is 3.89. The van der Waals surface area contributed by atoms with E-state index in [1.54, 1.807) is 11.3 Å². The van der Waals surface area contributed by atoms with Crippen molar-refractivity contribution in [3.63, 3.8) is 0 Å². The lowest BCUT2D eigenvalue weighted by Crippen LogP contribution is -2.03. The summed E-state index contributed by atoms with van der Waals surface area (Å²) in [5, 5.41) is 15.5. The maximum absolute atomic E-state index is 6.70. The quantitative estimate of drug-likeness (QED) is 0.167. The van der Waals surface area contributed by atoms with E-state index in [0.717, 1.165) is 65.8 Å². The van der Waals surface area contributed by atoms with Crippen LogP contribution in [-0.2, 0) is 0 Å². The Kier molecular flexibility index (Phi) is 5.74. The largest absolute Gasteiger partial charge is 0.455 e. The van der Waals surface area contributed by atoms with Crippen LogP contribution in [0.5, 0.6) is 0 Å². The third-order valence-corrected chi connectivity index (χ3v) is 12.6. The highest BCUT2D eigenvalue weighted by molar-refractivity contribution is 7.25. The van der Waals surface area contributed by atoms with Gasteiger partial charge in [0, 0.05) is 48.0 Å². The average Bonchev–Trinajstić information content (AvgIpc) is 3.92. The van der Waals surface area contributed by atoms with Crippen LogP contribution in [0.25, 0.3) is 124 Å². The second-order valence-electron chi connectivity index (χ2n) is 14.4. The Morgan fingerprint density at radius 3 is 1.93 bits per heavy atom. The summed E-state index contributed by atoms with van der Waals surface area (Å²) in [6.07, 6.45) is 0. The van der Waals surface area contributed by atoms with Gasteiger partial charge in [0.2, 0.25) is 0 Å². The molecule has 0 amide bonds. The van der Waals surface area contributed by atoms with Crippen molar-refractivity contribution in [2.45, 2.75) is 0 Å². The zero-order valence-electron chi connectivity index (χ0n) is 29.2. The van der Waals surface area contributed by atoms with Gasteiger partial charge in [0.15, 0.2) is 5.82 Å². The van der Waals surface area contributed by atoms with E-state index in [0.29, 0.717) is 0 Å². The lowest BCUT2D eigenvalue weighted by Gasteiger charge is -2.15. The Labute approximate surface area is 317 Å². The van der Waals surface area contributed by atoms with E-state index < -0.39 is 0 Å². The van der Waals surface area contributed by atoms with Gasteiger partial charge in [0.05, 0.1) is 11.0 Å². The average molecular weight is 718 g/mol. The fourth-order valence-electron chi connectivity index (χ4n) is 9.27. The van der Waals surface area contributed by atoms with E-state index in [9.17, 15) is 0 Å². The van der Waals surface area contributed by atoms with Gasteiger partial charge < -0.3 is 4.42 Å². The molecule has 254 valence electrons. The van der Waals surface area contributed by atoms with E-state index in [1.807, 2.05) is 12.1 Å². The molecule has 0 spiro atoms. The van der Waals surface area contributed by atoms with E-state index in [-0.39, 0.29) is 0 Å². The second kappa shape index (κ2) is 10.8. The predicted octanol–water partition coefficient (Wildman–Crippen LogP) is 14.1. The third-order valence-electron chi connectivity index (χ3n) is 11.6. The van der Waals surface area contributed by atoms with Crippen LogP contribution in [0.2, 0.25) is 0 Å². The number of aromatic nitrogens is 3. The highest BCUT2D eigenvalue weighted by atomic mass is 32.1. The van der Waals surface area contributed by atoms with Crippen LogP contribution in [-0.4, -0.2) is 14.5 Å². The minimum Gasteiger partial charge on any atom is -0.455 e. The highest BCUT2D eigenvalue weighted by Gasteiger charge is 2.26. The molecule has 0 bridgehead atoms. The number of furan rings is 1. The molecular formula is C50H27N3OS. The number of rotatable bonds is 2. The van der Waals surface area contributed by atoms with Gasteiger partial charge in [0.1, 0.15) is 27.2 Å². The number of thiophene rings is 1. The van der Waals surface area contributed by atoms with Crippen molar-refractivity contribution in [3.8, 4) is 17.1 Å². The van der Waals surface area contributed by atoms with Crippen molar-refractivity contribution in [3.05, 3.63) is 164 Å². The van der Waals surface area contributed by atoms with Crippen LogP contribution < -0.4 is 0 Å². The molecule has 0 saturated heterocycles. The first kappa shape index (κ1) is 29.4. The number of para-hydroxylation sites is 2. The highest BCUT2D eigenvalue weighted by Crippen LogP contribution is 2.47. The van der Waals surface area contributed by atoms with Crippen molar-refractivity contribution in [1.82, 2.24) is 14.5 Å². The van der Waals surface area contributed by atoms with Gasteiger partial charge in [-0.2, -0.15) is 0 Å². The van der Waals surface area contributed by atoms with Gasteiger partial charge in [-0.3, -0.25) is 4.57 Å². The number of nitrogens with zero attached hydrogens (tertiary/aromatic N) is 3. The van der Waals surface area contributed by atoms with Crippen LogP contribution in [0.3, 0.4) is 0 Å². The Morgan fingerprint density at radius 1 is 0.455 bits per heavy atom. The number of hydrogen-bond donors (Lipinski definition) is 0. The topological polar surface area (TPSA) is 43.9 Å². The fraction of sp³-hybridized carbons (Fsp3) is 0. The van der Waals surface area contributed by atoms with Gasteiger partial charge in [-0.1, -0.05) is 140 Å². The maximum atomic E-state index is 6.70. The van der Waals surface area contributed by atoms with Crippen LogP contribution in [0.4, 0.5) is 0 Å². The van der Waals surface area contributed by atoms with Crippen LogP contribution >= 0.6 is 11.3 Å². The zero-order valence-corrected chi connectivity index (χ0v) is 30.1. The Morgan fingerprint density at radius 2 is 1.09 bits per heavy atom. The molecule has 13 rings (SSSR count). The molecule has 4 nitrogen and oxygen atoms in total. The van der Waals surface area contributed by atoms with Crippen LogP contribution in [0, 0.1) is 0 Å². The first-order chi connectivity index (χ1) is 27.3. The molecule has 4 aromatic heterocycles. The predicted molar refractivity (Wildman–Crippen MR) is 232 cm³/mol. The molecule has 5 heteroatoms. The zero-order chi connectivity index (χ0) is 35.8. The Hall–Kier alpha value is -7.08. The smallest absolute Gasteiger partial charge is 0.165 e. The monoisotopic (exact) mass is 717 g/mol. The van der Waals surface area contributed by atoms with Gasteiger partial charge in [0.25, 0.3) is 0 Å². The number of benzene rings is 9. The Bertz CT molecular complexity index is 3760. The molecule has 0 unspecified atom stereocenters. The van der Waals surface area contributed by atoms with Crippen LogP contribution in [0.1, 0.15) is 0 Å². The second-order valence-corrected chi connectivity index (χ2v) is 15.5. The van der Waals surface area contributed by atoms with E-state index >= 15 is 0 Å². The van der Waals surface area contributed by atoms with E-state index in [2.05, 4.69) is 156 Å². The molecule has 0 saturated carbocycles. The van der Waals surface area contributed by atoms with Crippen molar-refractivity contribution in [2.24, 2.45) is 0 Å². The van der Waals surface area contributed by atoms with Gasteiger partial charge >= 0.3 is 0 Å². The summed E-state index contributed by atoms with van der Waals surface area (Å²) in [5.74, 6) is 0.782. The minimum absolute atomic E-state index is 0.782. The maximum Gasteiger partial charge on any atom is 0.165 e. The molecule has 55 heavy (non-hydrogen) atoms. The van der Waals surface area contributed by atoms with Crippen molar-refractivity contribution in [1.29, 1.82) is 0 Å². The lowest BCUT2D eigenvalue weighted by atomic mass is 9.91. The van der Waals surface area contributed by atoms with E-state index in [4.69, 9.17) is 14.4 Å². The lowest BCUT2D eigenvalue weighted by molar-refractivity contribution is 0.669. The number of fused-ring (bicyclic) bond motifs is 18. The summed E-state index contributed by atoms with van der Waals surface area (Å²) in [7, 11) is 0. The first-order valence-corrected chi connectivity index (χ1v) is 19.4. The molecule has 0 atom stereocenters. The molecular weight excluding hydrogens is 691 g/mol. The van der Waals surface area contributed by atoms with Crippen LogP contribution in [0.15, 0.2) is 168 Å². The molecule has 0 N–H and O–H groups in total. The minimum atomic E-state index is 0.782. The normalized spacial score (nSPS) is 12.4. The first-order valence-electron chi connectivity index (χ1n) is 18.6. The van der Waals surface area contributed by atoms with Crippen molar-refractivity contribution < 1.29 is 4.42 Å². The molecule has 0 radical (unpaired) electrons. The SMILES string of the molecule is c1ccc2c(c1)ccc1c3c4c5ccccc5c5ccccc5c4ccc3n(-c3nc4c(nc3-c3cccc5c3oc3ccccc35)sc3ccccc34)c21. The van der Waals surface area contributed by atoms with Crippen molar-refractivity contribution in [2.75, 3.05) is 0 Å². The molecule has 0 aliphatic carbocycles.